The fraction of sp³-hybridized carbons (Fsp3) is 0.222. The highest BCUT2D eigenvalue weighted by Crippen LogP contribution is 2.24. The number of hydrogen-bond donors (Lipinski definition) is 2. The molecule has 0 saturated carbocycles. The average molecular weight is 383 g/mol. The smallest absolute Gasteiger partial charge is 0.297 e. The third kappa shape index (κ3) is 3.27. The van der Waals surface area contributed by atoms with Crippen molar-refractivity contribution in [2.45, 2.75) is 6.10 Å². The third-order valence-corrected chi connectivity index (χ3v) is 4.33. The van der Waals surface area contributed by atoms with E-state index in [4.69, 9.17) is 4.74 Å². The molecule has 0 atom stereocenters. The Morgan fingerprint density at radius 1 is 1.32 bits per heavy atom. The van der Waals surface area contributed by atoms with Crippen LogP contribution in [0.5, 0.6) is 11.5 Å². The Balaban J connectivity index is 1.52. The van der Waals surface area contributed by atoms with Crippen molar-refractivity contribution in [3.05, 3.63) is 58.8 Å². The number of benzene rings is 1. The first-order valence-electron chi connectivity index (χ1n) is 8.50. The van der Waals surface area contributed by atoms with Crippen LogP contribution >= 0.6 is 0 Å². The zero-order chi connectivity index (χ0) is 19.7. The molecule has 0 bridgehead atoms. The lowest BCUT2D eigenvalue weighted by molar-refractivity contribution is 0.101. The van der Waals surface area contributed by atoms with Crippen molar-refractivity contribution in [1.82, 2.24) is 14.7 Å². The number of rotatable bonds is 5. The van der Waals surface area contributed by atoms with E-state index in [0.717, 1.165) is 5.75 Å². The number of amides is 1. The zero-order valence-electron chi connectivity index (χ0n) is 14.9. The summed E-state index contributed by atoms with van der Waals surface area (Å²) in [5.74, 6) is -0.435. The number of carbonyl (C=O) groups is 1. The van der Waals surface area contributed by atoms with E-state index in [0.29, 0.717) is 13.1 Å². The van der Waals surface area contributed by atoms with Crippen LogP contribution in [0.15, 0.2) is 52.1 Å². The lowest BCUT2D eigenvalue weighted by Gasteiger charge is -2.40. The zero-order valence-corrected chi connectivity index (χ0v) is 14.9. The highest BCUT2D eigenvalue weighted by Gasteiger charge is 2.33. The minimum atomic E-state index is -0.739. The summed E-state index contributed by atoms with van der Waals surface area (Å²) in [4.78, 5) is 30.7. The predicted octanol–water partition coefficient (Wildman–Crippen LogP) is 0.994. The Morgan fingerprint density at radius 2 is 2.07 bits per heavy atom. The number of ether oxygens (including phenoxy) is 1. The fourth-order valence-corrected chi connectivity index (χ4v) is 2.84. The van der Waals surface area contributed by atoms with E-state index in [9.17, 15) is 14.7 Å². The van der Waals surface area contributed by atoms with Crippen LogP contribution in [0.25, 0.3) is 0 Å². The Morgan fingerprint density at radius 3 is 2.75 bits per heavy atom. The highest BCUT2D eigenvalue weighted by molar-refractivity contribution is 6.04. The van der Waals surface area contributed by atoms with Gasteiger partial charge in [0.25, 0.3) is 11.5 Å². The summed E-state index contributed by atoms with van der Waals surface area (Å²) >= 11 is 0. The Labute approximate surface area is 159 Å². The summed E-state index contributed by atoms with van der Waals surface area (Å²) in [6.45, 7) is 0.985. The third-order valence-electron chi connectivity index (χ3n) is 4.33. The molecule has 3 aromatic rings. The van der Waals surface area contributed by atoms with Gasteiger partial charge in [0.05, 0.1) is 19.3 Å². The standard InChI is InChI=1S/C18H17N5O5/c1-22-17(26)15(24)14(16(25)20-11-7-19-27-10-11)21-18(22)23-8-13(9-23)28-12-5-3-2-4-6-12/h2-7,10,13,24H,8-9H2,1H3,(H,20,25). The van der Waals surface area contributed by atoms with Crippen LogP contribution in [0.2, 0.25) is 0 Å². The Bertz CT molecular complexity index is 1040. The molecule has 0 radical (unpaired) electrons. The van der Waals surface area contributed by atoms with E-state index in [-0.39, 0.29) is 23.4 Å². The second-order valence-corrected chi connectivity index (χ2v) is 6.30. The minimum absolute atomic E-state index is 0.0672. The molecule has 3 heterocycles. The van der Waals surface area contributed by atoms with Gasteiger partial charge in [0.2, 0.25) is 11.7 Å². The second-order valence-electron chi connectivity index (χ2n) is 6.30. The van der Waals surface area contributed by atoms with E-state index >= 15 is 0 Å². The summed E-state index contributed by atoms with van der Waals surface area (Å²) < 4.78 is 11.7. The van der Waals surface area contributed by atoms with Crippen molar-refractivity contribution in [2.24, 2.45) is 7.05 Å². The van der Waals surface area contributed by atoms with Crippen molar-refractivity contribution < 1.29 is 19.2 Å². The van der Waals surface area contributed by atoms with Gasteiger partial charge in [-0.2, -0.15) is 0 Å². The van der Waals surface area contributed by atoms with E-state index in [1.165, 1.54) is 24.1 Å². The van der Waals surface area contributed by atoms with Gasteiger partial charge in [-0.1, -0.05) is 23.4 Å². The largest absolute Gasteiger partial charge is 0.501 e. The molecule has 10 nitrogen and oxygen atoms in total. The van der Waals surface area contributed by atoms with E-state index in [2.05, 4.69) is 20.0 Å². The monoisotopic (exact) mass is 383 g/mol. The minimum Gasteiger partial charge on any atom is -0.501 e. The molecule has 1 amide bonds. The van der Waals surface area contributed by atoms with E-state index < -0.39 is 17.2 Å². The highest BCUT2D eigenvalue weighted by atomic mass is 16.5. The molecule has 4 rings (SSSR count). The van der Waals surface area contributed by atoms with Gasteiger partial charge in [-0.25, -0.2) is 4.98 Å². The molecule has 0 unspecified atom stereocenters. The Kier molecular flexibility index (Phi) is 4.44. The molecule has 1 saturated heterocycles. The number of nitrogens with zero attached hydrogens (tertiary/aromatic N) is 4. The van der Waals surface area contributed by atoms with Gasteiger partial charge < -0.3 is 24.6 Å². The maximum absolute atomic E-state index is 12.4. The van der Waals surface area contributed by atoms with Gasteiger partial charge in [0.1, 0.15) is 23.8 Å². The average Bonchev–Trinajstić information content (AvgIpc) is 3.17. The molecular formula is C18H17N5O5. The second kappa shape index (κ2) is 7.06. The van der Waals surface area contributed by atoms with Gasteiger partial charge in [0.15, 0.2) is 5.69 Å². The molecule has 10 heteroatoms. The van der Waals surface area contributed by atoms with E-state index in [1.54, 1.807) is 4.90 Å². The molecule has 0 aliphatic carbocycles. The Hall–Kier alpha value is -3.82. The summed E-state index contributed by atoms with van der Waals surface area (Å²) in [6, 6.07) is 9.41. The van der Waals surface area contributed by atoms with Crippen LogP contribution < -0.4 is 20.5 Å². The summed E-state index contributed by atoms with van der Waals surface area (Å²) in [5, 5.41) is 16.0. The van der Waals surface area contributed by atoms with Crippen LogP contribution in [0.3, 0.4) is 0 Å². The molecule has 28 heavy (non-hydrogen) atoms. The first-order chi connectivity index (χ1) is 13.5. The van der Waals surface area contributed by atoms with Crippen molar-refractivity contribution in [3.63, 3.8) is 0 Å². The number of carbonyl (C=O) groups excluding carboxylic acids is 1. The fourth-order valence-electron chi connectivity index (χ4n) is 2.84. The number of aromatic hydroxyl groups is 1. The molecule has 144 valence electrons. The number of para-hydroxylation sites is 1. The van der Waals surface area contributed by atoms with Gasteiger partial charge >= 0.3 is 0 Å². The molecule has 1 aromatic carbocycles. The van der Waals surface area contributed by atoms with Gasteiger partial charge in [-0.05, 0) is 12.1 Å². The van der Waals surface area contributed by atoms with Crippen LogP contribution in [0.4, 0.5) is 11.6 Å². The first-order valence-corrected chi connectivity index (χ1v) is 8.50. The maximum Gasteiger partial charge on any atom is 0.297 e. The number of anilines is 2. The van der Waals surface area contributed by atoms with Gasteiger partial charge in [-0.15, -0.1) is 0 Å². The van der Waals surface area contributed by atoms with Crippen LogP contribution in [0.1, 0.15) is 10.5 Å². The van der Waals surface area contributed by atoms with Crippen molar-refractivity contribution in [2.75, 3.05) is 23.3 Å². The number of nitrogens with one attached hydrogen (secondary N) is 1. The predicted molar refractivity (Wildman–Crippen MR) is 98.7 cm³/mol. The topological polar surface area (TPSA) is 123 Å². The van der Waals surface area contributed by atoms with Crippen molar-refractivity contribution in [3.8, 4) is 11.5 Å². The lowest BCUT2D eigenvalue weighted by atomic mass is 10.2. The number of hydrogen-bond acceptors (Lipinski definition) is 8. The quantitative estimate of drug-likeness (QED) is 0.669. The molecule has 0 spiro atoms. The van der Waals surface area contributed by atoms with Crippen molar-refractivity contribution >= 4 is 17.5 Å². The lowest BCUT2D eigenvalue weighted by Crippen LogP contribution is -2.55. The van der Waals surface area contributed by atoms with Crippen LogP contribution in [0, 0.1) is 0 Å². The number of aromatic nitrogens is 3. The SMILES string of the molecule is Cn1c(N2CC(Oc3ccccc3)C2)nc(C(=O)Nc2cnoc2)c(O)c1=O. The molecule has 2 N–H and O–H groups in total. The van der Waals surface area contributed by atoms with Gasteiger partial charge in [-0.3, -0.25) is 14.2 Å². The van der Waals surface area contributed by atoms with Crippen LogP contribution in [-0.2, 0) is 7.05 Å². The van der Waals surface area contributed by atoms with Crippen LogP contribution in [-0.4, -0.2) is 44.9 Å². The normalized spacial score (nSPS) is 13.8. The first kappa shape index (κ1) is 17.6. The molecule has 1 aliphatic rings. The molecular weight excluding hydrogens is 366 g/mol. The maximum atomic E-state index is 12.4. The summed E-state index contributed by atoms with van der Waals surface area (Å²) in [7, 11) is 1.48. The summed E-state index contributed by atoms with van der Waals surface area (Å²) in [6.07, 6.45) is 2.44. The molecule has 1 aliphatic heterocycles. The van der Waals surface area contributed by atoms with Crippen molar-refractivity contribution in [1.29, 1.82) is 0 Å². The molecule has 1 fully saturated rings. The van der Waals surface area contributed by atoms with E-state index in [1.807, 2.05) is 30.3 Å². The van der Waals surface area contributed by atoms with Gasteiger partial charge in [0, 0.05) is 7.05 Å². The molecule has 2 aromatic heterocycles. The summed E-state index contributed by atoms with van der Waals surface area (Å²) in [5.41, 5.74) is -0.798.